The zero-order chi connectivity index (χ0) is 19.2. The maximum absolute atomic E-state index is 11.6. The average molecular weight is 370 g/mol. The molecule has 0 aromatic heterocycles. The van der Waals surface area contributed by atoms with Crippen LogP contribution in [0.1, 0.15) is 52.9 Å². The van der Waals surface area contributed by atoms with Crippen LogP contribution in [0.2, 0.25) is 0 Å². The number of morpholine rings is 1. The van der Waals surface area contributed by atoms with Crippen LogP contribution in [0.3, 0.4) is 0 Å². The van der Waals surface area contributed by atoms with Gasteiger partial charge in [-0.2, -0.15) is 0 Å². The van der Waals surface area contributed by atoms with E-state index in [-0.39, 0.29) is 6.10 Å². The molecule has 2 atom stereocenters. The molecule has 0 amide bonds. The highest BCUT2D eigenvalue weighted by atomic mass is 16.5. The van der Waals surface area contributed by atoms with Gasteiger partial charge in [0.25, 0.3) is 0 Å². The van der Waals surface area contributed by atoms with Crippen LogP contribution in [-0.2, 0) is 23.8 Å². The van der Waals surface area contributed by atoms with E-state index in [1.165, 1.54) is 0 Å². The van der Waals surface area contributed by atoms with Gasteiger partial charge in [-0.25, -0.2) is 9.59 Å². The van der Waals surface area contributed by atoms with Gasteiger partial charge in [0.05, 0.1) is 19.8 Å². The van der Waals surface area contributed by atoms with Crippen LogP contribution in [0.5, 0.6) is 0 Å². The molecule has 26 heavy (non-hydrogen) atoms. The molecule has 150 valence electrons. The van der Waals surface area contributed by atoms with Crippen molar-refractivity contribution in [2.75, 3.05) is 39.5 Å². The molecule has 6 nitrogen and oxygen atoms in total. The number of carbonyl (C=O) groups is 2. The normalized spacial score (nSPS) is 17.8. The predicted octanol–water partition coefficient (Wildman–Crippen LogP) is 2.96. The van der Waals surface area contributed by atoms with Crippen molar-refractivity contribution in [2.24, 2.45) is 5.92 Å². The van der Waals surface area contributed by atoms with Crippen molar-refractivity contribution in [3.05, 3.63) is 12.2 Å². The van der Waals surface area contributed by atoms with Crippen LogP contribution >= 0.6 is 0 Å². The SMILES string of the molecule is CCC(C)C(C)OC(=O)/C=C/C(=O)OCCCCCCN1CCOCC1. The lowest BCUT2D eigenvalue weighted by Crippen LogP contribution is -2.36. The summed E-state index contributed by atoms with van der Waals surface area (Å²) in [6.45, 7) is 11.2. The molecule has 1 heterocycles. The van der Waals surface area contributed by atoms with Gasteiger partial charge in [0, 0.05) is 25.2 Å². The lowest BCUT2D eigenvalue weighted by atomic mass is 10.0. The second-order valence-corrected chi connectivity index (χ2v) is 6.90. The van der Waals surface area contributed by atoms with Crippen molar-refractivity contribution < 1.29 is 23.8 Å². The number of ether oxygens (including phenoxy) is 3. The molecule has 0 aromatic rings. The Morgan fingerprint density at radius 2 is 1.69 bits per heavy atom. The first-order valence-electron chi connectivity index (χ1n) is 9.88. The predicted molar refractivity (Wildman–Crippen MR) is 101 cm³/mol. The maximum Gasteiger partial charge on any atom is 0.331 e. The minimum atomic E-state index is -0.502. The van der Waals surface area contributed by atoms with E-state index >= 15 is 0 Å². The van der Waals surface area contributed by atoms with Gasteiger partial charge in [-0.15, -0.1) is 0 Å². The first-order valence-corrected chi connectivity index (χ1v) is 9.88. The Labute approximate surface area is 157 Å². The van der Waals surface area contributed by atoms with Gasteiger partial charge in [-0.05, 0) is 32.2 Å². The highest BCUT2D eigenvalue weighted by molar-refractivity contribution is 5.91. The van der Waals surface area contributed by atoms with Gasteiger partial charge in [0.2, 0.25) is 0 Å². The van der Waals surface area contributed by atoms with Gasteiger partial charge < -0.3 is 14.2 Å². The summed E-state index contributed by atoms with van der Waals surface area (Å²) in [6, 6.07) is 0. The van der Waals surface area contributed by atoms with Crippen LogP contribution in [0.15, 0.2) is 12.2 Å². The summed E-state index contributed by atoms with van der Waals surface area (Å²) in [7, 11) is 0. The highest BCUT2D eigenvalue weighted by Gasteiger charge is 2.13. The molecule has 0 N–H and O–H groups in total. The maximum atomic E-state index is 11.6. The number of rotatable bonds is 12. The molecule has 0 aliphatic carbocycles. The minimum Gasteiger partial charge on any atom is -0.463 e. The summed E-state index contributed by atoms with van der Waals surface area (Å²) < 4.78 is 15.7. The van der Waals surface area contributed by atoms with E-state index in [1.807, 2.05) is 20.8 Å². The Morgan fingerprint density at radius 3 is 2.38 bits per heavy atom. The zero-order valence-electron chi connectivity index (χ0n) is 16.6. The lowest BCUT2D eigenvalue weighted by molar-refractivity contribution is -0.145. The smallest absolute Gasteiger partial charge is 0.331 e. The third-order valence-electron chi connectivity index (χ3n) is 4.82. The Bertz CT molecular complexity index is 432. The minimum absolute atomic E-state index is 0.161. The summed E-state index contributed by atoms with van der Waals surface area (Å²) >= 11 is 0. The van der Waals surface area contributed by atoms with E-state index in [1.54, 1.807) is 0 Å². The first kappa shape index (κ1) is 22.6. The van der Waals surface area contributed by atoms with Crippen molar-refractivity contribution in [3.8, 4) is 0 Å². The number of hydrogen-bond donors (Lipinski definition) is 0. The molecule has 1 saturated heterocycles. The number of esters is 2. The van der Waals surface area contributed by atoms with Crippen LogP contribution in [0, 0.1) is 5.92 Å². The fraction of sp³-hybridized carbons (Fsp3) is 0.800. The largest absolute Gasteiger partial charge is 0.463 e. The van der Waals surface area contributed by atoms with Gasteiger partial charge >= 0.3 is 11.9 Å². The molecule has 0 spiro atoms. The van der Waals surface area contributed by atoms with Crippen molar-refractivity contribution in [1.82, 2.24) is 4.90 Å². The molecule has 1 aliphatic rings. The standard InChI is InChI=1S/C20H35NO5/c1-4-17(2)18(3)26-20(23)10-9-19(22)25-14-8-6-5-7-11-21-12-15-24-16-13-21/h9-10,17-18H,4-8,11-16H2,1-3H3/b10-9+. The molecule has 1 aliphatic heterocycles. The van der Waals surface area contributed by atoms with Crippen LogP contribution in [-0.4, -0.2) is 62.4 Å². The van der Waals surface area contributed by atoms with Crippen molar-refractivity contribution in [3.63, 3.8) is 0 Å². The molecule has 0 saturated carbocycles. The quantitative estimate of drug-likeness (QED) is 0.299. The number of nitrogens with zero attached hydrogens (tertiary/aromatic N) is 1. The third kappa shape index (κ3) is 10.6. The second kappa shape index (κ2) is 13.8. The topological polar surface area (TPSA) is 65.1 Å². The van der Waals surface area contributed by atoms with E-state index in [4.69, 9.17) is 14.2 Å². The Kier molecular flexibility index (Phi) is 12.0. The monoisotopic (exact) mass is 369 g/mol. The molecule has 0 bridgehead atoms. The number of unbranched alkanes of at least 4 members (excludes halogenated alkanes) is 3. The van der Waals surface area contributed by atoms with E-state index in [0.29, 0.717) is 12.5 Å². The van der Waals surface area contributed by atoms with Crippen molar-refractivity contribution in [2.45, 2.75) is 59.0 Å². The van der Waals surface area contributed by atoms with Crippen LogP contribution in [0.4, 0.5) is 0 Å². The van der Waals surface area contributed by atoms with E-state index in [0.717, 1.165) is 77.1 Å². The highest BCUT2D eigenvalue weighted by Crippen LogP contribution is 2.11. The summed E-state index contributed by atoms with van der Waals surface area (Å²) in [5.74, 6) is -0.702. The fourth-order valence-electron chi connectivity index (χ4n) is 2.64. The van der Waals surface area contributed by atoms with E-state index in [9.17, 15) is 9.59 Å². The summed E-state index contributed by atoms with van der Waals surface area (Å²) in [5, 5.41) is 0. The average Bonchev–Trinajstić information content (AvgIpc) is 2.65. The molecule has 1 rings (SSSR count). The van der Waals surface area contributed by atoms with Gasteiger partial charge in [0.1, 0.15) is 6.10 Å². The summed E-state index contributed by atoms with van der Waals surface area (Å²) in [4.78, 5) is 25.6. The fourth-order valence-corrected chi connectivity index (χ4v) is 2.64. The van der Waals surface area contributed by atoms with Gasteiger partial charge in [-0.3, -0.25) is 4.90 Å². The molecule has 6 heteroatoms. The van der Waals surface area contributed by atoms with Crippen LogP contribution in [0.25, 0.3) is 0 Å². The molecule has 1 fully saturated rings. The second-order valence-electron chi connectivity index (χ2n) is 6.90. The molecule has 0 aromatic carbocycles. The Balaban J connectivity index is 2.01. The van der Waals surface area contributed by atoms with Crippen molar-refractivity contribution in [1.29, 1.82) is 0 Å². The van der Waals surface area contributed by atoms with E-state index < -0.39 is 11.9 Å². The molecule has 2 unspecified atom stereocenters. The van der Waals surface area contributed by atoms with E-state index in [2.05, 4.69) is 4.90 Å². The Morgan fingerprint density at radius 1 is 1.04 bits per heavy atom. The third-order valence-corrected chi connectivity index (χ3v) is 4.82. The summed E-state index contributed by atoms with van der Waals surface area (Å²) in [5.41, 5.74) is 0. The summed E-state index contributed by atoms with van der Waals surface area (Å²) in [6.07, 6.45) is 7.23. The number of carbonyl (C=O) groups excluding carboxylic acids is 2. The zero-order valence-corrected chi connectivity index (χ0v) is 16.6. The van der Waals surface area contributed by atoms with Gasteiger partial charge in [0.15, 0.2) is 0 Å². The lowest BCUT2D eigenvalue weighted by Gasteiger charge is -2.26. The van der Waals surface area contributed by atoms with Crippen molar-refractivity contribution >= 4 is 11.9 Å². The molecule has 0 radical (unpaired) electrons. The molecular weight excluding hydrogens is 334 g/mol. The Hall–Kier alpha value is -1.40. The van der Waals surface area contributed by atoms with Gasteiger partial charge in [-0.1, -0.05) is 33.1 Å². The molecular formula is C20H35NO5. The number of hydrogen-bond acceptors (Lipinski definition) is 6. The first-order chi connectivity index (χ1) is 12.5. The van der Waals surface area contributed by atoms with Crippen LogP contribution < -0.4 is 0 Å².